The minimum Gasteiger partial charge on any atom is -0.442 e. The zero-order valence-electron chi connectivity index (χ0n) is 18.2. The minimum absolute atomic E-state index is 0.0312. The summed E-state index contributed by atoms with van der Waals surface area (Å²) in [5, 5.41) is 11.7. The quantitative estimate of drug-likeness (QED) is 0.147. The van der Waals surface area contributed by atoms with Crippen LogP contribution in [0.25, 0.3) is 11.3 Å². The van der Waals surface area contributed by atoms with E-state index in [4.69, 9.17) is 32.9 Å². The summed E-state index contributed by atoms with van der Waals surface area (Å²) in [6, 6.07) is 13.7. The molecule has 0 spiro atoms. The van der Waals surface area contributed by atoms with Gasteiger partial charge in [-0.3, -0.25) is 15.0 Å². The average Bonchev–Trinajstić information content (AvgIpc) is 2.77. The average molecular weight is 469 g/mol. The zero-order chi connectivity index (χ0) is 24.1. The first-order chi connectivity index (χ1) is 15.7. The van der Waals surface area contributed by atoms with Crippen LogP contribution >= 0.6 is 11.6 Å². The van der Waals surface area contributed by atoms with Crippen LogP contribution in [0.2, 0.25) is 5.22 Å². The second kappa shape index (κ2) is 10.2. The number of amides is 1. The lowest BCUT2D eigenvalue weighted by molar-refractivity contribution is -0.120. The lowest BCUT2D eigenvalue weighted by atomic mass is 10.0. The number of nitrogens with one attached hydrogen (secondary N) is 3. The fourth-order valence-electron chi connectivity index (χ4n) is 3.16. The van der Waals surface area contributed by atoms with Gasteiger partial charge in [0, 0.05) is 37.5 Å². The molecule has 0 unspecified atom stereocenters. The molecule has 0 fully saturated rings. The Bertz CT molecular complexity index is 1240. The van der Waals surface area contributed by atoms with E-state index >= 15 is 0 Å². The molecule has 172 valence electrons. The van der Waals surface area contributed by atoms with E-state index in [1.54, 1.807) is 67.6 Å². The third kappa shape index (κ3) is 5.91. The molecule has 7 N–H and O–H groups in total. The fraction of sp³-hybridized carbons (Fsp3) is 0.174. The molecule has 1 heterocycles. The van der Waals surface area contributed by atoms with Crippen molar-refractivity contribution in [3.05, 3.63) is 80.7 Å². The lowest BCUT2D eigenvalue weighted by Crippen LogP contribution is -2.30. The van der Waals surface area contributed by atoms with Crippen LogP contribution in [0.1, 0.15) is 16.7 Å². The molecule has 3 rings (SSSR count). The number of hydrazine groups is 1. The summed E-state index contributed by atoms with van der Waals surface area (Å²) in [5.74, 6) is -0.222. The number of carbonyl (C=O) groups excluding carboxylic acids is 1. The normalized spacial score (nSPS) is 10.8. The van der Waals surface area contributed by atoms with Crippen LogP contribution in [-0.4, -0.2) is 30.8 Å². The predicted octanol–water partition coefficient (Wildman–Crippen LogP) is 2.57. The highest BCUT2D eigenvalue weighted by Gasteiger charge is 2.22. The number of hydrogen-bond acceptors (Lipinski definition) is 7. The molecule has 0 saturated heterocycles. The molecule has 1 aromatic heterocycles. The Labute approximate surface area is 195 Å². The molecule has 10 heteroatoms. The van der Waals surface area contributed by atoms with Gasteiger partial charge in [-0.05, 0) is 29.3 Å². The predicted molar refractivity (Wildman–Crippen MR) is 130 cm³/mol. The first-order valence-corrected chi connectivity index (χ1v) is 10.4. The molecular weight excluding hydrogens is 444 g/mol. The molecule has 0 atom stereocenters. The summed E-state index contributed by atoms with van der Waals surface area (Å²) < 4.78 is 5.77. The van der Waals surface area contributed by atoms with Crippen LogP contribution in [0.3, 0.4) is 0 Å². The molecule has 2 aromatic carbocycles. The minimum atomic E-state index is -0.446. The molecule has 0 bridgehead atoms. The highest BCUT2D eigenvalue weighted by molar-refractivity contribution is 6.31. The van der Waals surface area contributed by atoms with Crippen molar-refractivity contribution in [3.8, 4) is 11.3 Å². The van der Waals surface area contributed by atoms with E-state index in [1.807, 2.05) is 0 Å². The first kappa shape index (κ1) is 23.8. The van der Waals surface area contributed by atoms with Crippen molar-refractivity contribution in [2.24, 2.45) is 5.73 Å². The standard InChI is InChI=1S/C23H25ClN6O3/c1-30(2)29-19-20(32)17(21(33-22(19)24)15-4-3-5-16(25)10-15)11-18(31)28-12-13-6-8-14(9-7-13)23(26)27/h3-10,29H,11-12,25H2,1-2H3,(H3,26,27)(H,28,31). The number of rotatable bonds is 8. The monoisotopic (exact) mass is 468 g/mol. The number of carbonyl (C=O) groups is 1. The number of hydrogen-bond donors (Lipinski definition) is 5. The Balaban J connectivity index is 1.90. The highest BCUT2D eigenvalue weighted by Crippen LogP contribution is 2.30. The van der Waals surface area contributed by atoms with Crippen molar-refractivity contribution in [2.45, 2.75) is 13.0 Å². The number of anilines is 2. The van der Waals surface area contributed by atoms with Gasteiger partial charge in [-0.2, -0.15) is 0 Å². The van der Waals surface area contributed by atoms with Crippen LogP contribution in [-0.2, 0) is 17.8 Å². The molecular formula is C23H25ClN6O3. The highest BCUT2D eigenvalue weighted by atomic mass is 35.5. The summed E-state index contributed by atoms with van der Waals surface area (Å²) in [6.45, 7) is 0.242. The second-order valence-electron chi connectivity index (χ2n) is 7.58. The second-order valence-corrected chi connectivity index (χ2v) is 7.93. The van der Waals surface area contributed by atoms with Gasteiger partial charge in [0.05, 0.1) is 12.0 Å². The van der Waals surface area contributed by atoms with Gasteiger partial charge < -0.3 is 26.6 Å². The molecule has 9 nitrogen and oxygen atoms in total. The number of amidine groups is 1. The van der Waals surface area contributed by atoms with Crippen molar-refractivity contribution >= 4 is 34.7 Å². The van der Waals surface area contributed by atoms with E-state index < -0.39 is 5.43 Å². The number of nitrogen functional groups attached to an aromatic ring is 2. The summed E-state index contributed by atoms with van der Waals surface area (Å²) in [7, 11) is 3.40. The largest absolute Gasteiger partial charge is 0.442 e. The van der Waals surface area contributed by atoms with E-state index in [-0.39, 0.29) is 46.9 Å². The maximum atomic E-state index is 13.2. The van der Waals surface area contributed by atoms with Crippen molar-refractivity contribution in [1.82, 2.24) is 10.3 Å². The Kier molecular flexibility index (Phi) is 7.37. The number of nitrogens with two attached hydrogens (primary N) is 2. The van der Waals surface area contributed by atoms with Gasteiger partial charge >= 0.3 is 0 Å². The van der Waals surface area contributed by atoms with Crippen molar-refractivity contribution < 1.29 is 9.21 Å². The summed E-state index contributed by atoms with van der Waals surface area (Å²) in [5.41, 5.74) is 16.4. The first-order valence-electron chi connectivity index (χ1n) is 10.0. The van der Waals surface area contributed by atoms with Crippen LogP contribution in [0, 0.1) is 5.41 Å². The van der Waals surface area contributed by atoms with Gasteiger partial charge in [-0.25, -0.2) is 5.01 Å². The molecule has 0 aliphatic carbocycles. The van der Waals surface area contributed by atoms with Gasteiger partial charge in [-0.1, -0.05) is 36.4 Å². The van der Waals surface area contributed by atoms with E-state index in [2.05, 4.69) is 10.7 Å². The van der Waals surface area contributed by atoms with Crippen LogP contribution < -0.4 is 27.6 Å². The Morgan fingerprint density at radius 3 is 2.48 bits per heavy atom. The van der Waals surface area contributed by atoms with E-state index in [0.29, 0.717) is 16.8 Å². The summed E-state index contributed by atoms with van der Waals surface area (Å²) >= 11 is 6.24. The molecule has 0 aliphatic heterocycles. The maximum Gasteiger partial charge on any atom is 0.224 e. The van der Waals surface area contributed by atoms with Crippen LogP contribution in [0.4, 0.5) is 11.4 Å². The maximum absolute atomic E-state index is 13.2. The molecule has 0 saturated carbocycles. The topological polar surface area (TPSA) is 150 Å². The van der Waals surface area contributed by atoms with Crippen LogP contribution in [0.5, 0.6) is 0 Å². The molecule has 3 aromatic rings. The van der Waals surface area contributed by atoms with Crippen molar-refractivity contribution in [1.29, 1.82) is 5.41 Å². The van der Waals surface area contributed by atoms with E-state index in [0.717, 1.165) is 5.56 Å². The van der Waals surface area contributed by atoms with Gasteiger partial charge in [0.25, 0.3) is 0 Å². The molecule has 0 radical (unpaired) electrons. The lowest BCUT2D eigenvalue weighted by Gasteiger charge is -2.17. The Morgan fingerprint density at radius 2 is 1.88 bits per heavy atom. The van der Waals surface area contributed by atoms with Gasteiger partial charge in [0.2, 0.25) is 16.6 Å². The van der Waals surface area contributed by atoms with Gasteiger partial charge in [-0.15, -0.1) is 0 Å². The summed E-state index contributed by atoms with van der Waals surface area (Å²) in [4.78, 5) is 26.0. The van der Waals surface area contributed by atoms with Gasteiger partial charge in [0.15, 0.2) is 5.69 Å². The molecule has 1 amide bonds. The molecule has 33 heavy (non-hydrogen) atoms. The van der Waals surface area contributed by atoms with Crippen molar-refractivity contribution in [3.63, 3.8) is 0 Å². The third-order valence-corrected chi connectivity index (χ3v) is 5.01. The smallest absolute Gasteiger partial charge is 0.224 e. The SMILES string of the molecule is CN(C)Nc1c(Cl)oc(-c2cccc(N)c2)c(CC(=O)NCc2ccc(C(=N)N)cc2)c1=O. The Morgan fingerprint density at radius 1 is 1.18 bits per heavy atom. The number of nitrogens with zero attached hydrogens (tertiary/aromatic N) is 1. The van der Waals surface area contributed by atoms with Crippen molar-refractivity contribution in [2.75, 3.05) is 25.3 Å². The number of benzene rings is 2. The van der Waals surface area contributed by atoms with E-state index in [9.17, 15) is 9.59 Å². The Hall–Kier alpha value is -3.82. The number of halogens is 1. The van der Waals surface area contributed by atoms with Crippen LogP contribution in [0.15, 0.2) is 57.7 Å². The summed E-state index contributed by atoms with van der Waals surface area (Å²) in [6.07, 6.45) is -0.225. The van der Waals surface area contributed by atoms with Gasteiger partial charge in [0.1, 0.15) is 11.6 Å². The third-order valence-electron chi connectivity index (χ3n) is 4.74. The zero-order valence-corrected chi connectivity index (χ0v) is 19.0. The fourth-order valence-corrected chi connectivity index (χ4v) is 3.37. The van der Waals surface area contributed by atoms with E-state index in [1.165, 1.54) is 0 Å². The molecule has 0 aliphatic rings.